The fourth-order valence-corrected chi connectivity index (χ4v) is 2.68. The van der Waals surface area contributed by atoms with Gasteiger partial charge in [0.15, 0.2) is 0 Å². The number of nitrogens with zero attached hydrogens (tertiary/aromatic N) is 1. The van der Waals surface area contributed by atoms with E-state index in [2.05, 4.69) is 15.4 Å². The molecular formula is C17H23N3O4. The van der Waals surface area contributed by atoms with Crippen LogP contribution in [0.5, 0.6) is 0 Å². The summed E-state index contributed by atoms with van der Waals surface area (Å²) >= 11 is 0. The fraction of sp³-hybridized carbons (Fsp3) is 0.471. The lowest BCUT2D eigenvalue weighted by atomic mass is 10.1. The summed E-state index contributed by atoms with van der Waals surface area (Å²) in [6.45, 7) is 4.46. The van der Waals surface area contributed by atoms with E-state index in [9.17, 15) is 14.4 Å². The van der Waals surface area contributed by atoms with Gasteiger partial charge in [-0.3, -0.25) is 4.79 Å². The Morgan fingerprint density at radius 3 is 2.75 bits per heavy atom. The van der Waals surface area contributed by atoms with Crippen molar-refractivity contribution in [2.45, 2.75) is 39.3 Å². The molecule has 1 atom stereocenters. The monoisotopic (exact) mass is 333 g/mol. The third kappa shape index (κ3) is 4.04. The predicted octanol–water partition coefficient (Wildman–Crippen LogP) is 1.35. The van der Waals surface area contributed by atoms with E-state index in [-0.39, 0.29) is 5.91 Å². The summed E-state index contributed by atoms with van der Waals surface area (Å²) in [4.78, 5) is 36.7. The van der Waals surface area contributed by atoms with E-state index >= 15 is 0 Å². The lowest BCUT2D eigenvalue weighted by molar-refractivity contribution is -0.142. The summed E-state index contributed by atoms with van der Waals surface area (Å²) in [5.41, 5.74) is 3.01. The van der Waals surface area contributed by atoms with Crippen LogP contribution in [0, 0.1) is 0 Å². The second kappa shape index (κ2) is 7.81. The van der Waals surface area contributed by atoms with Crippen molar-refractivity contribution in [1.82, 2.24) is 10.6 Å². The summed E-state index contributed by atoms with van der Waals surface area (Å²) in [5.74, 6) is -0.376. The molecule has 0 spiro atoms. The quantitative estimate of drug-likeness (QED) is 0.796. The lowest BCUT2D eigenvalue weighted by Crippen LogP contribution is -2.44. The molecular weight excluding hydrogens is 310 g/mol. The van der Waals surface area contributed by atoms with Crippen molar-refractivity contribution >= 4 is 23.6 Å². The SMILES string of the molecule is CCC(=O)N1CCc2cc(CNC(=O)N[C@@H](C)C(=O)OC)ccc21. The van der Waals surface area contributed by atoms with E-state index in [4.69, 9.17) is 0 Å². The molecule has 7 heteroatoms. The van der Waals surface area contributed by atoms with E-state index in [0.717, 1.165) is 23.2 Å². The first-order valence-electron chi connectivity index (χ1n) is 8.00. The molecule has 1 aromatic carbocycles. The number of hydrogen-bond acceptors (Lipinski definition) is 4. The topological polar surface area (TPSA) is 87.7 Å². The molecule has 3 amide bonds. The van der Waals surface area contributed by atoms with Gasteiger partial charge in [0.1, 0.15) is 6.04 Å². The number of amides is 3. The molecule has 1 aromatic rings. The van der Waals surface area contributed by atoms with Crippen molar-refractivity contribution in [1.29, 1.82) is 0 Å². The van der Waals surface area contributed by atoms with Crippen LogP contribution in [0.1, 0.15) is 31.4 Å². The van der Waals surface area contributed by atoms with Gasteiger partial charge in [-0.05, 0) is 30.5 Å². The first-order chi connectivity index (χ1) is 11.5. The number of hydrogen-bond donors (Lipinski definition) is 2. The van der Waals surface area contributed by atoms with Crippen molar-refractivity contribution < 1.29 is 19.1 Å². The van der Waals surface area contributed by atoms with Gasteiger partial charge in [0.2, 0.25) is 5.91 Å². The molecule has 0 aromatic heterocycles. The molecule has 2 rings (SSSR count). The van der Waals surface area contributed by atoms with Gasteiger partial charge >= 0.3 is 12.0 Å². The highest BCUT2D eigenvalue weighted by Gasteiger charge is 2.23. The van der Waals surface area contributed by atoms with Crippen LogP contribution < -0.4 is 15.5 Å². The van der Waals surface area contributed by atoms with Gasteiger partial charge in [0, 0.05) is 25.2 Å². The van der Waals surface area contributed by atoms with Gasteiger partial charge in [0.25, 0.3) is 0 Å². The number of fused-ring (bicyclic) bond motifs is 1. The molecule has 0 aliphatic carbocycles. The van der Waals surface area contributed by atoms with Crippen LogP contribution in [0.4, 0.5) is 10.5 Å². The highest BCUT2D eigenvalue weighted by molar-refractivity contribution is 5.95. The second-order valence-corrected chi connectivity index (χ2v) is 5.68. The van der Waals surface area contributed by atoms with Crippen LogP contribution in [-0.4, -0.2) is 37.6 Å². The van der Waals surface area contributed by atoms with Gasteiger partial charge < -0.3 is 20.3 Å². The van der Waals surface area contributed by atoms with Crippen LogP contribution >= 0.6 is 0 Å². The Kier molecular flexibility index (Phi) is 5.78. The van der Waals surface area contributed by atoms with Crippen LogP contribution in [0.3, 0.4) is 0 Å². The Morgan fingerprint density at radius 1 is 1.33 bits per heavy atom. The maximum absolute atomic E-state index is 11.9. The first kappa shape index (κ1) is 17.8. The number of carbonyl (C=O) groups excluding carboxylic acids is 3. The van der Waals surface area contributed by atoms with E-state index in [1.807, 2.05) is 25.1 Å². The minimum atomic E-state index is -0.705. The normalized spacial score (nSPS) is 13.9. The maximum atomic E-state index is 11.9. The van der Waals surface area contributed by atoms with Crippen LogP contribution in [0.2, 0.25) is 0 Å². The summed E-state index contributed by atoms with van der Waals surface area (Å²) in [7, 11) is 1.27. The van der Waals surface area contributed by atoms with Crippen molar-refractivity contribution in [3.63, 3.8) is 0 Å². The molecule has 1 aliphatic rings. The molecule has 0 saturated carbocycles. The van der Waals surface area contributed by atoms with Gasteiger partial charge in [-0.25, -0.2) is 9.59 Å². The number of methoxy groups -OCH3 is 1. The molecule has 0 radical (unpaired) electrons. The summed E-state index contributed by atoms with van der Waals surface area (Å²) in [5, 5.41) is 5.21. The largest absolute Gasteiger partial charge is 0.467 e. The molecule has 0 saturated heterocycles. The number of esters is 1. The molecule has 0 fully saturated rings. The summed E-state index contributed by atoms with van der Waals surface area (Å²) < 4.78 is 4.55. The van der Waals surface area contributed by atoms with E-state index in [0.29, 0.717) is 19.5 Å². The Hall–Kier alpha value is -2.57. The zero-order chi connectivity index (χ0) is 17.7. The number of carbonyl (C=O) groups is 3. The number of benzene rings is 1. The molecule has 7 nitrogen and oxygen atoms in total. The average Bonchev–Trinajstić information content (AvgIpc) is 3.01. The van der Waals surface area contributed by atoms with Crippen molar-refractivity contribution in [3.05, 3.63) is 29.3 Å². The van der Waals surface area contributed by atoms with Crippen LogP contribution in [0.15, 0.2) is 18.2 Å². The lowest BCUT2D eigenvalue weighted by Gasteiger charge is -2.16. The zero-order valence-electron chi connectivity index (χ0n) is 14.2. The highest BCUT2D eigenvalue weighted by Crippen LogP contribution is 2.29. The minimum absolute atomic E-state index is 0.121. The maximum Gasteiger partial charge on any atom is 0.328 e. The smallest absolute Gasteiger partial charge is 0.328 e. The Morgan fingerprint density at radius 2 is 2.08 bits per heavy atom. The molecule has 24 heavy (non-hydrogen) atoms. The predicted molar refractivity (Wildman–Crippen MR) is 89.6 cm³/mol. The number of nitrogens with one attached hydrogen (secondary N) is 2. The number of rotatable bonds is 5. The molecule has 0 unspecified atom stereocenters. The Bertz CT molecular complexity index is 645. The van der Waals surface area contributed by atoms with Gasteiger partial charge in [-0.1, -0.05) is 19.1 Å². The van der Waals surface area contributed by atoms with Crippen LogP contribution in [0.25, 0.3) is 0 Å². The Balaban J connectivity index is 1.92. The molecule has 130 valence electrons. The molecule has 2 N–H and O–H groups in total. The van der Waals surface area contributed by atoms with Crippen LogP contribution in [-0.2, 0) is 27.3 Å². The molecule has 1 heterocycles. The third-order valence-corrected chi connectivity index (χ3v) is 4.00. The van der Waals surface area contributed by atoms with Crippen molar-refractivity contribution in [2.24, 2.45) is 0 Å². The molecule has 0 bridgehead atoms. The number of ether oxygens (including phenoxy) is 1. The van der Waals surface area contributed by atoms with Crippen molar-refractivity contribution in [2.75, 3.05) is 18.6 Å². The number of urea groups is 1. The summed E-state index contributed by atoms with van der Waals surface area (Å²) in [6, 6.07) is 4.67. The fourth-order valence-electron chi connectivity index (χ4n) is 2.68. The van der Waals surface area contributed by atoms with E-state index in [1.165, 1.54) is 7.11 Å². The van der Waals surface area contributed by atoms with E-state index < -0.39 is 18.0 Å². The average molecular weight is 333 g/mol. The van der Waals surface area contributed by atoms with Gasteiger partial charge in [0.05, 0.1) is 7.11 Å². The molecule has 1 aliphatic heterocycles. The Labute approximate surface area is 141 Å². The van der Waals surface area contributed by atoms with Gasteiger partial charge in [-0.2, -0.15) is 0 Å². The first-order valence-corrected chi connectivity index (χ1v) is 8.00. The third-order valence-electron chi connectivity index (χ3n) is 4.00. The zero-order valence-corrected chi connectivity index (χ0v) is 14.2. The highest BCUT2D eigenvalue weighted by atomic mass is 16.5. The number of anilines is 1. The minimum Gasteiger partial charge on any atom is -0.467 e. The van der Waals surface area contributed by atoms with Crippen molar-refractivity contribution in [3.8, 4) is 0 Å². The van der Waals surface area contributed by atoms with Gasteiger partial charge in [-0.15, -0.1) is 0 Å². The second-order valence-electron chi connectivity index (χ2n) is 5.68. The summed E-state index contributed by atoms with van der Waals surface area (Å²) in [6.07, 6.45) is 1.31. The standard InChI is InChI=1S/C17H23N3O4/c1-4-15(21)20-8-7-13-9-12(5-6-14(13)20)10-18-17(23)19-11(2)16(22)24-3/h5-6,9,11H,4,7-8,10H2,1-3H3,(H2,18,19,23)/t11-/m0/s1. The van der Waals surface area contributed by atoms with E-state index in [1.54, 1.807) is 11.8 Å².